The van der Waals surface area contributed by atoms with Crippen molar-refractivity contribution in [3.63, 3.8) is 0 Å². The number of rotatable bonds is 14. The van der Waals surface area contributed by atoms with Crippen molar-refractivity contribution in [1.29, 1.82) is 0 Å². The zero-order valence-corrected chi connectivity index (χ0v) is 39.9. The maximum atomic E-state index is 11.7. The SMILES string of the molecule is C=C(O)[C@H]1OC(OC[C@@H]2C[C@H](O)C(O[C@@H]3OC(CO)C[C@H](O)[C@H]3O)[C@H](O[C@H](CC[C@@H](C)C3CC[C@@]4(C)C5CC=C6C(CC[C@H](O)C6(C)C)[C@]5(C)CC[C@]34C)C(C)(C)O)O2)[C@H](O)[C@@H](O)[C@@H]1O. The van der Waals surface area contributed by atoms with Crippen molar-refractivity contribution in [2.75, 3.05) is 13.2 Å². The Morgan fingerprint density at radius 1 is 0.800 bits per heavy atom. The molecule has 0 aromatic heterocycles. The van der Waals surface area contributed by atoms with E-state index in [4.69, 9.17) is 28.4 Å². The van der Waals surface area contributed by atoms with Gasteiger partial charge >= 0.3 is 0 Å². The smallest absolute Gasteiger partial charge is 0.187 e. The van der Waals surface area contributed by atoms with Gasteiger partial charge in [-0.1, -0.05) is 59.8 Å². The third-order valence-electron chi connectivity index (χ3n) is 18.4. The maximum Gasteiger partial charge on any atom is 0.187 e. The molecule has 0 aromatic carbocycles. The van der Waals surface area contributed by atoms with Crippen LogP contribution in [0.3, 0.4) is 0 Å². The Labute approximate surface area is 384 Å². The molecule has 0 radical (unpaired) electrons. The molecule has 3 saturated carbocycles. The summed E-state index contributed by atoms with van der Waals surface area (Å²) in [6.45, 7) is 20.2. The van der Waals surface area contributed by atoms with Gasteiger partial charge in [0.05, 0.1) is 55.4 Å². The number of hydrogen-bond donors (Lipinski definition) is 10. The van der Waals surface area contributed by atoms with Crippen LogP contribution in [-0.2, 0) is 28.4 Å². The average Bonchev–Trinajstić information content (AvgIpc) is 3.51. The van der Waals surface area contributed by atoms with Crippen LogP contribution in [0.4, 0.5) is 0 Å². The van der Waals surface area contributed by atoms with Crippen molar-refractivity contribution < 1.29 is 79.5 Å². The summed E-state index contributed by atoms with van der Waals surface area (Å²) >= 11 is 0. The van der Waals surface area contributed by atoms with Crippen LogP contribution in [0.15, 0.2) is 24.0 Å². The van der Waals surface area contributed by atoms with Crippen molar-refractivity contribution in [1.82, 2.24) is 0 Å². The molecule has 4 aliphatic carbocycles. The van der Waals surface area contributed by atoms with Gasteiger partial charge in [0.15, 0.2) is 18.9 Å². The molecule has 16 heteroatoms. The Kier molecular flexibility index (Phi) is 15.2. The van der Waals surface area contributed by atoms with Crippen molar-refractivity contribution >= 4 is 0 Å². The number of hydrogen-bond acceptors (Lipinski definition) is 16. The first-order chi connectivity index (χ1) is 30.3. The van der Waals surface area contributed by atoms with Gasteiger partial charge in [0.2, 0.25) is 0 Å². The van der Waals surface area contributed by atoms with E-state index in [1.54, 1.807) is 13.8 Å². The lowest BCUT2D eigenvalue weighted by Gasteiger charge is -2.66. The summed E-state index contributed by atoms with van der Waals surface area (Å²) in [4.78, 5) is 0. The third kappa shape index (κ3) is 9.40. The predicted molar refractivity (Wildman–Crippen MR) is 235 cm³/mol. The van der Waals surface area contributed by atoms with Crippen LogP contribution < -0.4 is 0 Å². The molecule has 16 nitrogen and oxygen atoms in total. The van der Waals surface area contributed by atoms with Crippen molar-refractivity contribution in [2.45, 2.75) is 224 Å². The summed E-state index contributed by atoms with van der Waals surface area (Å²) in [5.41, 5.74) is 0.212. The Bertz CT molecular complexity index is 1690. The highest BCUT2D eigenvalue weighted by Gasteiger charge is 2.67. The lowest BCUT2D eigenvalue weighted by Crippen LogP contribution is -2.60. The third-order valence-corrected chi connectivity index (χ3v) is 18.4. The number of ether oxygens (including phenoxy) is 6. The van der Waals surface area contributed by atoms with Crippen LogP contribution in [-0.4, -0.2) is 162 Å². The van der Waals surface area contributed by atoms with Crippen LogP contribution in [0.25, 0.3) is 0 Å². The Morgan fingerprint density at radius 2 is 1.48 bits per heavy atom. The summed E-state index contributed by atoms with van der Waals surface area (Å²) in [6.07, 6.45) is -8.49. The van der Waals surface area contributed by atoms with Gasteiger partial charge in [0, 0.05) is 18.3 Å². The van der Waals surface area contributed by atoms with E-state index >= 15 is 0 Å². The van der Waals surface area contributed by atoms with E-state index in [2.05, 4.69) is 54.2 Å². The van der Waals surface area contributed by atoms with Crippen LogP contribution in [0.5, 0.6) is 0 Å². The Hall–Kier alpha value is -1.32. The van der Waals surface area contributed by atoms with E-state index in [0.717, 1.165) is 51.4 Å². The molecule has 3 saturated heterocycles. The topological polar surface area (TPSA) is 258 Å². The lowest BCUT2D eigenvalue weighted by molar-refractivity contribution is -0.360. The average molecular weight is 927 g/mol. The van der Waals surface area contributed by atoms with E-state index in [-0.39, 0.29) is 53.1 Å². The monoisotopic (exact) mass is 927 g/mol. The molecule has 0 spiro atoms. The zero-order chi connectivity index (χ0) is 47.8. The predicted octanol–water partition coefficient (Wildman–Crippen LogP) is 3.11. The zero-order valence-electron chi connectivity index (χ0n) is 39.9. The summed E-state index contributed by atoms with van der Waals surface area (Å²) < 4.78 is 36.3. The second kappa shape index (κ2) is 19.1. The summed E-state index contributed by atoms with van der Waals surface area (Å²) in [5.74, 6) is 1.12. The number of aliphatic hydroxyl groups is 10. The van der Waals surface area contributed by atoms with Gasteiger partial charge in [-0.25, -0.2) is 0 Å². The fourth-order valence-corrected chi connectivity index (χ4v) is 14.0. The molecule has 65 heavy (non-hydrogen) atoms. The highest BCUT2D eigenvalue weighted by molar-refractivity contribution is 5.30. The normalized spacial score (nSPS) is 48.6. The summed E-state index contributed by atoms with van der Waals surface area (Å²) in [6, 6.07) is 0. The van der Waals surface area contributed by atoms with Crippen LogP contribution in [0.2, 0.25) is 0 Å². The molecule has 374 valence electrons. The molecular weight excluding hydrogens is 845 g/mol. The van der Waals surface area contributed by atoms with Gasteiger partial charge in [-0.15, -0.1) is 0 Å². The molecule has 0 aromatic rings. The fraction of sp³-hybridized carbons (Fsp3) is 0.918. The standard InChI is InChI=1S/C49H82O16/c1-24(28-16-17-49(9)33-13-11-29-30(12-14-34(54)45(29,3)4)47(33,7)18-19-48(28,49)8)10-15-35(46(5,6)59)63-44-41(65-43-36(55)31(52)20-26(22-50)61-43)32(53)21-27(62-44)23-60-42-39(58)37(56)38(57)40(64-42)25(2)51/h11,24,26-28,30-44,50-59H,2,10,12-23H2,1,3-9H3/t24-,26?,27+,28?,30?,31+,32+,33?,34+,35-,36-,37+,38+,39-,40-,41?,42?,43+,44+,47+,48-,49+/m1/s1. The Balaban J connectivity index is 1.07. The van der Waals surface area contributed by atoms with E-state index < -0.39 is 104 Å². The van der Waals surface area contributed by atoms with Gasteiger partial charge in [0.1, 0.15) is 42.4 Å². The molecule has 0 bridgehead atoms. The molecule has 10 N–H and O–H groups in total. The largest absolute Gasteiger partial charge is 0.510 e. The second-order valence-corrected chi connectivity index (χ2v) is 23.0. The molecule has 3 aliphatic heterocycles. The quantitative estimate of drug-likeness (QED) is 0.0887. The first-order valence-corrected chi connectivity index (χ1v) is 24.3. The molecule has 0 amide bonds. The molecule has 6 unspecified atom stereocenters. The van der Waals surface area contributed by atoms with E-state index in [1.165, 1.54) is 5.57 Å². The molecule has 22 atom stereocenters. The Morgan fingerprint density at radius 3 is 2.14 bits per heavy atom. The van der Waals surface area contributed by atoms with Crippen molar-refractivity contribution in [2.24, 2.45) is 45.3 Å². The fourth-order valence-electron chi connectivity index (χ4n) is 14.0. The number of fused-ring (bicyclic) bond motifs is 5. The number of aliphatic hydroxyl groups excluding tert-OH is 9. The van der Waals surface area contributed by atoms with Crippen LogP contribution >= 0.6 is 0 Å². The highest BCUT2D eigenvalue weighted by Crippen LogP contribution is 2.75. The molecular formula is C49H82O16. The van der Waals surface area contributed by atoms with Gasteiger partial charge < -0.3 is 79.5 Å². The first kappa shape index (κ1) is 51.5. The maximum absolute atomic E-state index is 11.7. The number of allylic oxidation sites excluding steroid dienone is 1. The van der Waals surface area contributed by atoms with Gasteiger partial charge in [-0.05, 0) is 112 Å². The van der Waals surface area contributed by atoms with Gasteiger partial charge in [-0.3, -0.25) is 0 Å². The van der Waals surface area contributed by atoms with Crippen molar-refractivity contribution in [3.05, 3.63) is 24.0 Å². The molecule has 7 rings (SSSR count). The van der Waals surface area contributed by atoms with Gasteiger partial charge in [0.25, 0.3) is 0 Å². The molecule has 6 fully saturated rings. The van der Waals surface area contributed by atoms with Crippen molar-refractivity contribution in [3.8, 4) is 0 Å². The van der Waals surface area contributed by atoms with E-state index in [0.29, 0.717) is 24.2 Å². The minimum absolute atomic E-state index is 0.0359. The van der Waals surface area contributed by atoms with Gasteiger partial charge in [-0.2, -0.15) is 0 Å². The van der Waals surface area contributed by atoms with E-state index in [9.17, 15) is 51.1 Å². The lowest BCUT2D eigenvalue weighted by atomic mass is 9.39. The minimum Gasteiger partial charge on any atom is -0.510 e. The first-order valence-electron chi connectivity index (χ1n) is 24.3. The van der Waals surface area contributed by atoms with E-state index in [1.807, 2.05) is 0 Å². The van der Waals surface area contributed by atoms with Crippen LogP contribution in [0, 0.1) is 45.3 Å². The highest BCUT2D eigenvalue weighted by atomic mass is 16.8. The summed E-state index contributed by atoms with van der Waals surface area (Å²) in [5, 5.41) is 107. The minimum atomic E-state index is -1.74. The molecule has 3 heterocycles. The summed E-state index contributed by atoms with van der Waals surface area (Å²) in [7, 11) is 0. The second-order valence-electron chi connectivity index (χ2n) is 23.0. The molecule has 7 aliphatic rings. The van der Waals surface area contributed by atoms with Crippen LogP contribution in [0.1, 0.15) is 126 Å².